The van der Waals surface area contributed by atoms with Crippen molar-refractivity contribution in [2.45, 2.75) is 24.9 Å². The molecule has 3 saturated heterocycles. The second kappa shape index (κ2) is 7.81. The molecule has 2 bridgehead atoms. The Kier molecular flexibility index (Phi) is 4.56. The van der Waals surface area contributed by atoms with Gasteiger partial charge < -0.3 is 15.4 Å². The molecule has 0 saturated carbocycles. The van der Waals surface area contributed by atoms with Crippen molar-refractivity contribution in [2.24, 2.45) is 10.9 Å². The number of hydrogen-bond acceptors (Lipinski definition) is 8. The van der Waals surface area contributed by atoms with Gasteiger partial charge in [-0.05, 0) is 37.1 Å². The average molecular weight is 470 g/mol. The Morgan fingerprint density at radius 3 is 2.83 bits per heavy atom. The number of aromatic nitrogens is 5. The summed E-state index contributed by atoms with van der Waals surface area (Å²) in [5.41, 5.74) is 10.6. The fraction of sp³-hybridized carbons (Fsp3) is 0.360. The molecule has 10 heteroatoms. The largest absolute Gasteiger partial charge is 0.481 e. The highest BCUT2D eigenvalue weighted by molar-refractivity contribution is 6.01. The van der Waals surface area contributed by atoms with Crippen molar-refractivity contribution in [1.82, 2.24) is 29.7 Å². The molecule has 178 valence electrons. The van der Waals surface area contributed by atoms with Gasteiger partial charge in [-0.1, -0.05) is 0 Å². The predicted octanol–water partition coefficient (Wildman–Crippen LogP) is 2.70. The number of aliphatic imine (C=N–C) groups is 1. The number of anilines is 2. The van der Waals surface area contributed by atoms with Crippen molar-refractivity contribution in [3.8, 4) is 11.1 Å². The van der Waals surface area contributed by atoms with Gasteiger partial charge in [0.25, 0.3) is 0 Å². The van der Waals surface area contributed by atoms with Crippen LogP contribution in [-0.2, 0) is 4.74 Å². The summed E-state index contributed by atoms with van der Waals surface area (Å²) in [5, 5.41) is 12.6. The third-order valence-corrected chi connectivity index (χ3v) is 7.54. The molecule has 0 aromatic carbocycles. The smallest absolute Gasteiger partial charge is 0.208 e. The van der Waals surface area contributed by atoms with E-state index >= 15 is 0 Å². The van der Waals surface area contributed by atoms with Gasteiger partial charge in [0.05, 0.1) is 36.1 Å². The molecule has 3 N–H and O–H groups in total. The number of fused-ring (bicyclic) bond motifs is 5. The van der Waals surface area contributed by atoms with E-state index in [0.717, 1.165) is 65.4 Å². The number of pyridine rings is 2. The minimum Gasteiger partial charge on any atom is -0.481 e. The van der Waals surface area contributed by atoms with Crippen molar-refractivity contribution in [3.63, 3.8) is 0 Å². The Balaban J connectivity index is 1.08. The summed E-state index contributed by atoms with van der Waals surface area (Å²) in [7, 11) is 1.67. The highest BCUT2D eigenvalue weighted by Crippen LogP contribution is 2.36. The summed E-state index contributed by atoms with van der Waals surface area (Å²) in [6.07, 6.45) is 12.0. The number of rotatable bonds is 5. The molecule has 35 heavy (non-hydrogen) atoms. The average Bonchev–Trinajstić information content (AvgIpc) is 3.48. The van der Waals surface area contributed by atoms with Gasteiger partial charge >= 0.3 is 0 Å². The second-order valence-electron chi connectivity index (χ2n) is 9.68. The molecule has 0 aliphatic carbocycles. The third kappa shape index (κ3) is 3.35. The van der Waals surface area contributed by atoms with Crippen molar-refractivity contribution >= 4 is 34.3 Å². The van der Waals surface area contributed by atoms with Gasteiger partial charge in [-0.15, -0.1) is 5.10 Å². The fourth-order valence-corrected chi connectivity index (χ4v) is 5.78. The van der Waals surface area contributed by atoms with Crippen LogP contribution in [0.15, 0.2) is 53.7 Å². The van der Waals surface area contributed by atoms with Crippen molar-refractivity contribution in [3.05, 3.63) is 48.7 Å². The molecule has 4 aromatic heterocycles. The van der Waals surface area contributed by atoms with Gasteiger partial charge in [0.1, 0.15) is 5.82 Å². The first-order valence-corrected chi connectivity index (χ1v) is 12.0. The number of piperidine rings is 1. The number of ether oxygens (including phenoxy) is 1. The second-order valence-corrected chi connectivity index (χ2v) is 9.68. The molecular formula is C25H27N9O. The summed E-state index contributed by atoms with van der Waals surface area (Å²) < 4.78 is 7.03. The Labute approximate surface area is 202 Å². The first-order chi connectivity index (χ1) is 17.2. The summed E-state index contributed by atoms with van der Waals surface area (Å²) >= 11 is 0. The monoisotopic (exact) mass is 469 g/mol. The van der Waals surface area contributed by atoms with Crippen LogP contribution in [0.4, 0.5) is 11.5 Å². The lowest BCUT2D eigenvalue weighted by Gasteiger charge is -2.57. The molecule has 4 aliphatic heterocycles. The lowest BCUT2D eigenvalue weighted by molar-refractivity contribution is -0.00692. The van der Waals surface area contributed by atoms with Crippen LogP contribution in [0, 0.1) is 5.92 Å². The highest BCUT2D eigenvalue weighted by Gasteiger charge is 2.45. The van der Waals surface area contributed by atoms with Crippen LogP contribution in [-0.4, -0.2) is 74.7 Å². The van der Waals surface area contributed by atoms with Gasteiger partial charge in [0.2, 0.25) is 5.88 Å². The van der Waals surface area contributed by atoms with Crippen LogP contribution >= 0.6 is 0 Å². The zero-order chi connectivity index (χ0) is 23.5. The minimum absolute atomic E-state index is 0.462. The number of nitrogens with one attached hydrogen (secondary N) is 1. The summed E-state index contributed by atoms with van der Waals surface area (Å²) in [5.74, 6) is 2.22. The Morgan fingerprint density at radius 2 is 2.09 bits per heavy atom. The number of hydrogen-bond donors (Lipinski definition) is 2. The first kappa shape index (κ1) is 20.5. The molecule has 3 fully saturated rings. The zero-order valence-electron chi connectivity index (χ0n) is 19.5. The predicted molar refractivity (Wildman–Crippen MR) is 135 cm³/mol. The van der Waals surface area contributed by atoms with Crippen molar-refractivity contribution < 1.29 is 4.74 Å². The van der Waals surface area contributed by atoms with Crippen LogP contribution in [0.1, 0.15) is 12.8 Å². The number of aromatic amines is 1. The van der Waals surface area contributed by atoms with Gasteiger partial charge in [0.15, 0.2) is 5.65 Å². The van der Waals surface area contributed by atoms with E-state index in [2.05, 4.69) is 54.5 Å². The van der Waals surface area contributed by atoms with Crippen LogP contribution in [0.25, 0.3) is 27.7 Å². The Bertz CT molecular complexity index is 1460. The summed E-state index contributed by atoms with van der Waals surface area (Å²) in [6, 6.07) is 7.38. The SMILES string of the molecule is COC1=CC[C@H](CN2C3CC2CN(c2ccc(-c4cc(N)cn5nc6[nH]ncc6c45)cn2)C3)C=N1. The van der Waals surface area contributed by atoms with Crippen LogP contribution < -0.4 is 10.6 Å². The van der Waals surface area contributed by atoms with Gasteiger partial charge in [-0.3, -0.25) is 10.00 Å². The molecule has 3 atom stereocenters. The van der Waals surface area contributed by atoms with E-state index in [9.17, 15) is 0 Å². The van der Waals surface area contributed by atoms with E-state index in [1.54, 1.807) is 13.3 Å². The summed E-state index contributed by atoms with van der Waals surface area (Å²) in [4.78, 5) is 14.3. The van der Waals surface area contributed by atoms with Gasteiger partial charge in [0, 0.05) is 61.2 Å². The number of H-pyrrole nitrogens is 1. The fourth-order valence-electron chi connectivity index (χ4n) is 5.78. The standard InChI is InChI=1S/C25H27N9O/c1-35-23-5-2-15(8-28-23)11-33-18-7-19(33)14-32(13-18)22-4-3-16(9-27-22)20-6-17(26)12-34-24(20)21-10-29-30-25(21)31-34/h3-6,8-10,12,15,18-19H,2,7,11,13-14,26H2,1H3,(H,30,31)/t15-,18?,19?/m0/s1. The normalized spacial score (nSPS) is 24.1. The van der Waals surface area contributed by atoms with E-state index in [0.29, 0.717) is 23.7 Å². The number of methoxy groups -OCH3 is 1. The van der Waals surface area contributed by atoms with E-state index in [1.165, 1.54) is 6.42 Å². The third-order valence-electron chi connectivity index (χ3n) is 7.54. The maximum atomic E-state index is 6.18. The van der Waals surface area contributed by atoms with Gasteiger partial charge in [-0.2, -0.15) is 5.10 Å². The van der Waals surface area contributed by atoms with Crippen molar-refractivity contribution in [2.75, 3.05) is 37.4 Å². The molecule has 4 aromatic rings. The summed E-state index contributed by atoms with van der Waals surface area (Å²) in [6.45, 7) is 3.07. The number of allylic oxidation sites excluding steroid dienone is 1. The minimum atomic E-state index is 0.462. The van der Waals surface area contributed by atoms with E-state index in [1.807, 2.05) is 23.0 Å². The van der Waals surface area contributed by atoms with Crippen LogP contribution in [0.5, 0.6) is 0 Å². The topological polar surface area (TPSA) is 113 Å². The van der Waals surface area contributed by atoms with E-state index < -0.39 is 0 Å². The molecule has 0 amide bonds. The van der Waals surface area contributed by atoms with Gasteiger partial charge in [-0.25, -0.2) is 14.5 Å². The maximum Gasteiger partial charge on any atom is 0.208 e. The first-order valence-electron chi connectivity index (χ1n) is 12.0. The molecule has 2 unspecified atom stereocenters. The quantitative estimate of drug-likeness (QED) is 0.462. The molecule has 0 radical (unpaired) electrons. The maximum absolute atomic E-state index is 6.18. The molecular weight excluding hydrogens is 442 g/mol. The number of piperazine rings is 1. The zero-order valence-corrected chi connectivity index (χ0v) is 19.5. The molecule has 8 rings (SSSR count). The Hall–Kier alpha value is -3.92. The lowest BCUT2D eigenvalue weighted by Crippen LogP contribution is -2.69. The molecule has 4 aliphatic rings. The molecule has 0 spiro atoms. The van der Waals surface area contributed by atoms with Crippen LogP contribution in [0.2, 0.25) is 0 Å². The highest BCUT2D eigenvalue weighted by atomic mass is 16.5. The number of nitrogens with zero attached hydrogens (tertiary/aromatic N) is 7. The van der Waals surface area contributed by atoms with E-state index in [4.69, 9.17) is 15.5 Å². The van der Waals surface area contributed by atoms with Crippen molar-refractivity contribution in [1.29, 1.82) is 0 Å². The van der Waals surface area contributed by atoms with E-state index in [-0.39, 0.29) is 0 Å². The molecule has 8 heterocycles. The Morgan fingerprint density at radius 1 is 1.20 bits per heavy atom. The molecule has 10 nitrogen and oxygen atoms in total. The lowest BCUT2D eigenvalue weighted by atomic mass is 9.85. The number of nitrogens with two attached hydrogens (primary N) is 1. The number of nitrogen functional groups attached to an aromatic ring is 1. The van der Waals surface area contributed by atoms with Crippen LogP contribution in [0.3, 0.4) is 0 Å².